The number of aliphatic hydroxyl groups is 2. The predicted octanol–water partition coefficient (Wildman–Crippen LogP) is -0.999. The van der Waals surface area contributed by atoms with Crippen LogP contribution >= 0.6 is 0 Å². The molecule has 1 saturated heterocycles. The molecule has 0 amide bonds. The molecule has 0 unspecified atom stereocenters. The molecular weight excluding hydrogens is 106 g/mol. The predicted molar refractivity (Wildman–Crippen MR) is 29.3 cm³/mol. The van der Waals surface area contributed by atoms with E-state index in [-0.39, 0.29) is 6.10 Å². The molecule has 1 atom stereocenters. The van der Waals surface area contributed by atoms with Gasteiger partial charge in [0.2, 0.25) is 0 Å². The highest BCUT2D eigenvalue weighted by Gasteiger charge is 2.26. The molecule has 0 radical (unpaired) electrons. The van der Waals surface area contributed by atoms with Gasteiger partial charge in [-0.15, -0.1) is 0 Å². The van der Waals surface area contributed by atoms with Crippen LogP contribution in [0.15, 0.2) is 0 Å². The van der Waals surface area contributed by atoms with Gasteiger partial charge in [-0.2, -0.15) is 0 Å². The van der Waals surface area contributed by atoms with Gasteiger partial charge in [0.15, 0.2) is 0 Å². The third kappa shape index (κ3) is 0.992. The molecule has 1 heterocycles. The maximum Gasteiger partial charge on any atom is 0.104 e. The molecule has 0 aromatic heterocycles. The molecular formula is C5H11NO2. The van der Waals surface area contributed by atoms with E-state index in [2.05, 4.69) is 0 Å². The second kappa shape index (κ2) is 2.01. The van der Waals surface area contributed by atoms with Crippen molar-refractivity contribution >= 4 is 0 Å². The smallest absolute Gasteiger partial charge is 0.104 e. The lowest BCUT2D eigenvalue weighted by Crippen LogP contribution is -2.54. The molecule has 0 saturated carbocycles. The first kappa shape index (κ1) is 6.01. The molecule has 0 bridgehead atoms. The van der Waals surface area contributed by atoms with Gasteiger partial charge in [-0.25, -0.2) is 0 Å². The van der Waals surface area contributed by atoms with Crippen LogP contribution in [0.3, 0.4) is 0 Å². The number of aliphatic hydroxyl groups excluding tert-OH is 2. The summed E-state index contributed by atoms with van der Waals surface area (Å²) in [6.45, 7) is 2.95. The van der Waals surface area contributed by atoms with Crippen molar-refractivity contribution in [2.45, 2.75) is 19.3 Å². The number of hydrogen-bond donors (Lipinski definition) is 2. The number of likely N-dealkylation sites (tertiary alicyclic amines) is 1. The minimum atomic E-state index is -0.390. The van der Waals surface area contributed by atoms with Gasteiger partial charge in [-0.1, -0.05) is 0 Å². The molecule has 3 heteroatoms. The van der Waals surface area contributed by atoms with Gasteiger partial charge < -0.3 is 10.2 Å². The zero-order valence-electron chi connectivity index (χ0n) is 4.91. The quantitative estimate of drug-likeness (QED) is 0.463. The van der Waals surface area contributed by atoms with Gasteiger partial charge in [0.25, 0.3) is 0 Å². The topological polar surface area (TPSA) is 43.7 Å². The van der Waals surface area contributed by atoms with E-state index in [4.69, 9.17) is 10.2 Å². The SMILES string of the molecule is C[C@@H](O)N1CC(O)C1. The molecule has 1 fully saturated rings. The lowest BCUT2D eigenvalue weighted by molar-refractivity contribution is -0.0899. The monoisotopic (exact) mass is 117 g/mol. The fourth-order valence-electron chi connectivity index (χ4n) is 0.793. The fraction of sp³-hybridized carbons (Fsp3) is 1.00. The molecule has 0 aliphatic carbocycles. The summed E-state index contributed by atoms with van der Waals surface area (Å²) in [7, 11) is 0. The molecule has 0 spiro atoms. The van der Waals surface area contributed by atoms with Gasteiger partial charge in [0.1, 0.15) is 6.23 Å². The summed E-state index contributed by atoms with van der Waals surface area (Å²) in [5, 5.41) is 17.5. The average Bonchev–Trinajstić information content (AvgIpc) is 1.57. The van der Waals surface area contributed by atoms with Crippen molar-refractivity contribution in [3.63, 3.8) is 0 Å². The molecule has 0 aromatic rings. The summed E-state index contributed by atoms with van der Waals surface area (Å²) in [5.41, 5.74) is 0. The second-order valence-corrected chi connectivity index (χ2v) is 2.24. The van der Waals surface area contributed by atoms with Crippen LogP contribution in [0.2, 0.25) is 0 Å². The van der Waals surface area contributed by atoms with E-state index in [9.17, 15) is 0 Å². The Bertz CT molecular complexity index is 78.5. The third-order valence-corrected chi connectivity index (χ3v) is 1.42. The maximum atomic E-state index is 8.80. The Kier molecular flexibility index (Phi) is 1.51. The van der Waals surface area contributed by atoms with Crippen LogP contribution in [-0.4, -0.2) is 40.5 Å². The largest absolute Gasteiger partial charge is 0.390 e. The van der Waals surface area contributed by atoms with E-state index in [0.29, 0.717) is 13.1 Å². The summed E-state index contributed by atoms with van der Waals surface area (Å²) in [6, 6.07) is 0. The van der Waals surface area contributed by atoms with E-state index in [1.54, 1.807) is 11.8 Å². The molecule has 3 nitrogen and oxygen atoms in total. The minimum absolute atomic E-state index is 0.204. The summed E-state index contributed by atoms with van der Waals surface area (Å²) >= 11 is 0. The summed E-state index contributed by atoms with van der Waals surface area (Å²) in [6.07, 6.45) is -0.594. The van der Waals surface area contributed by atoms with Crippen LogP contribution in [0.5, 0.6) is 0 Å². The first-order chi connectivity index (χ1) is 3.70. The molecule has 0 aromatic carbocycles. The maximum absolute atomic E-state index is 8.80. The Labute approximate surface area is 48.5 Å². The first-order valence-electron chi connectivity index (χ1n) is 2.80. The van der Waals surface area contributed by atoms with E-state index in [0.717, 1.165) is 0 Å². The van der Waals surface area contributed by atoms with E-state index >= 15 is 0 Å². The number of hydrogen-bond acceptors (Lipinski definition) is 3. The molecule has 8 heavy (non-hydrogen) atoms. The van der Waals surface area contributed by atoms with Crippen molar-refractivity contribution in [2.24, 2.45) is 0 Å². The van der Waals surface area contributed by atoms with Crippen LogP contribution < -0.4 is 0 Å². The summed E-state index contributed by atoms with van der Waals surface area (Å²) in [4.78, 5) is 1.80. The highest BCUT2D eigenvalue weighted by Crippen LogP contribution is 2.08. The lowest BCUT2D eigenvalue weighted by atomic mass is 10.2. The summed E-state index contributed by atoms with van der Waals surface area (Å²) in [5.74, 6) is 0. The van der Waals surface area contributed by atoms with Gasteiger partial charge in [0, 0.05) is 13.1 Å². The van der Waals surface area contributed by atoms with Gasteiger partial charge >= 0.3 is 0 Å². The number of nitrogens with zero attached hydrogens (tertiary/aromatic N) is 1. The molecule has 2 N–H and O–H groups in total. The molecule has 48 valence electrons. The van der Waals surface area contributed by atoms with Crippen LogP contribution in [0.1, 0.15) is 6.92 Å². The zero-order chi connectivity index (χ0) is 6.15. The Morgan fingerprint density at radius 2 is 2.12 bits per heavy atom. The van der Waals surface area contributed by atoms with E-state index in [1.807, 2.05) is 0 Å². The Morgan fingerprint density at radius 1 is 1.62 bits per heavy atom. The number of β-amino-alcohol motifs (C(OH)–C–C–N with tert-alkyl or cyclic N) is 1. The van der Waals surface area contributed by atoms with Crippen molar-refractivity contribution in [1.82, 2.24) is 4.90 Å². The van der Waals surface area contributed by atoms with Crippen LogP contribution in [-0.2, 0) is 0 Å². The first-order valence-corrected chi connectivity index (χ1v) is 2.80. The normalized spacial score (nSPS) is 27.4. The van der Waals surface area contributed by atoms with Crippen LogP contribution in [0.4, 0.5) is 0 Å². The second-order valence-electron chi connectivity index (χ2n) is 2.24. The highest BCUT2D eigenvalue weighted by atomic mass is 16.3. The molecule has 1 aliphatic heterocycles. The standard InChI is InChI=1S/C5H11NO2/c1-4(7)6-2-5(8)3-6/h4-5,7-8H,2-3H2,1H3/t4-/m1/s1. The van der Waals surface area contributed by atoms with E-state index in [1.165, 1.54) is 0 Å². The van der Waals surface area contributed by atoms with Crippen molar-refractivity contribution in [2.75, 3.05) is 13.1 Å². The van der Waals surface area contributed by atoms with Gasteiger partial charge in [-0.3, -0.25) is 4.90 Å². The van der Waals surface area contributed by atoms with Crippen molar-refractivity contribution < 1.29 is 10.2 Å². The molecule has 1 rings (SSSR count). The van der Waals surface area contributed by atoms with Crippen molar-refractivity contribution in [3.05, 3.63) is 0 Å². The Hall–Kier alpha value is -0.120. The fourth-order valence-corrected chi connectivity index (χ4v) is 0.793. The lowest BCUT2D eigenvalue weighted by Gasteiger charge is -2.37. The van der Waals surface area contributed by atoms with Crippen LogP contribution in [0, 0.1) is 0 Å². The van der Waals surface area contributed by atoms with Crippen molar-refractivity contribution in [3.8, 4) is 0 Å². The van der Waals surface area contributed by atoms with Gasteiger partial charge in [0.05, 0.1) is 6.10 Å². The third-order valence-electron chi connectivity index (χ3n) is 1.42. The zero-order valence-corrected chi connectivity index (χ0v) is 4.91. The molecule has 1 aliphatic rings. The number of rotatable bonds is 1. The van der Waals surface area contributed by atoms with Crippen LogP contribution in [0.25, 0.3) is 0 Å². The van der Waals surface area contributed by atoms with Crippen molar-refractivity contribution in [1.29, 1.82) is 0 Å². The van der Waals surface area contributed by atoms with Gasteiger partial charge in [-0.05, 0) is 6.92 Å². The minimum Gasteiger partial charge on any atom is -0.390 e. The highest BCUT2D eigenvalue weighted by molar-refractivity contribution is 4.78. The van der Waals surface area contributed by atoms with E-state index < -0.39 is 6.23 Å². The average molecular weight is 117 g/mol. The Balaban J connectivity index is 2.15. The summed E-state index contributed by atoms with van der Waals surface area (Å²) < 4.78 is 0. The Morgan fingerprint density at radius 3 is 2.25 bits per heavy atom.